The van der Waals surface area contributed by atoms with Crippen LogP contribution in [0.2, 0.25) is 0 Å². The minimum absolute atomic E-state index is 0.0222. The summed E-state index contributed by atoms with van der Waals surface area (Å²) in [6.07, 6.45) is -1.49. The zero-order valence-corrected chi connectivity index (χ0v) is 17.7. The van der Waals surface area contributed by atoms with E-state index < -0.39 is 65.5 Å². The highest BCUT2D eigenvalue weighted by molar-refractivity contribution is 5.96. The summed E-state index contributed by atoms with van der Waals surface area (Å²) in [7, 11) is 0. The molecule has 1 saturated heterocycles. The average molecular weight is 474 g/mol. The van der Waals surface area contributed by atoms with E-state index in [1.54, 1.807) is 6.07 Å². The van der Waals surface area contributed by atoms with Crippen molar-refractivity contribution in [1.82, 2.24) is 9.97 Å². The predicted molar refractivity (Wildman–Crippen MR) is 113 cm³/mol. The van der Waals surface area contributed by atoms with Gasteiger partial charge in [0.2, 0.25) is 0 Å². The van der Waals surface area contributed by atoms with Crippen molar-refractivity contribution in [3.8, 4) is 11.3 Å². The minimum atomic E-state index is -1.26. The number of ketones is 1. The van der Waals surface area contributed by atoms with Crippen molar-refractivity contribution in [2.24, 2.45) is 0 Å². The Hall–Kier alpha value is -3.18. The average Bonchev–Trinajstić information content (AvgIpc) is 2.82. The van der Waals surface area contributed by atoms with Gasteiger partial charge in [-0.15, -0.1) is 0 Å². The first-order chi connectivity index (χ1) is 16.3. The Morgan fingerprint density at radius 3 is 2.50 bits per heavy atom. The van der Waals surface area contributed by atoms with E-state index in [4.69, 9.17) is 4.74 Å². The van der Waals surface area contributed by atoms with Crippen LogP contribution in [0.4, 0.5) is 13.2 Å². The van der Waals surface area contributed by atoms with Crippen molar-refractivity contribution in [2.75, 3.05) is 6.61 Å². The Morgan fingerprint density at radius 2 is 1.79 bits per heavy atom. The maximum atomic E-state index is 14.4. The molecule has 2 aromatic heterocycles. The molecule has 3 N–H and O–H groups in total. The second kappa shape index (κ2) is 9.98. The normalized spacial score (nSPS) is 22.5. The van der Waals surface area contributed by atoms with Crippen LogP contribution in [0, 0.1) is 17.5 Å². The number of Topliss-reactive ketones (excluding diaryl/α,β-unsaturated/α-hetero) is 1. The molecule has 10 heteroatoms. The minimum Gasteiger partial charge on any atom is -0.394 e. The van der Waals surface area contributed by atoms with E-state index in [-0.39, 0.29) is 18.5 Å². The molecule has 7 nitrogen and oxygen atoms in total. The van der Waals surface area contributed by atoms with Crippen LogP contribution in [0.15, 0.2) is 48.8 Å². The van der Waals surface area contributed by atoms with Gasteiger partial charge in [0, 0.05) is 25.2 Å². The third kappa shape index (κ3) is 4.71. The summed E-state index contributed by atoms with van der Waals surface area (Å²) in [5, 5.41) is 29.5. The van der Waals surface area contributed by atoms with Crippen LogP contribution in [0.5, 0.6) is 0 Å². The molecule has 1 aliphatic heterocycles. The molecule has 178 valence electrons. The summed E-state index contributed by atoms with van der Waals surface area (Å²) in [6.45, 7) is -0.511. The van der Waals surface area contributed by atoms with Crippen LogP contribution in [-0.2, 0) is 11.2 Å². The Labute approximate surface area is 192 Å². The van der Waals surface area contributed by atoms with Crippen molar-refractivity contribution in [1.29, 1.82) is 0 Å². The molecule has 0 bridgehead atoms. The highest BCUT2D eigenvalue weighted by Gasteiger charge is 2.37. The van der Waals surface area contributed by atoms with Gasteiger partial charge < -0.3 is 20.1 Å². The summed E-state index contributed by atoms with van der Waals surface area (Å²) >= 11 is 0. The van der Waals surface area contributed by atoms with Crippen molar-refractivity contribution >= 4 is 5.78 Å². The number of ether oxygens (including phenoxy) is 1. The zero-order chi connectivity index (χ0) is 24.4. The number of nitrogens with zero attached hydrogens (tertiary/aromatic N) is 2. The van der Waals surface area contributed by atoms with Gasteiger partial charge >= 0.3 is 0 Å². The van der Waals surface area contributed by atoms with Gasteiger partial charge in [0.1, 0.15) is 41.0 Å². The Morgan fingerprint density at radius 1 is 1.06 bits per heavy atom. The monoisotopic (exact) mass is 474 g/mol. The molecule has 0 spiro atoms. The number of pyridine rings is 2. The fourth-order valence-electron chi connectivity index (χ4n) is 3.96. The van der Waals surface area contributed by atoms with E-state index >= 15 is 0 Å². The number of aromatic nitrogens is 2. The standard InChI is InChI=1S/C24H21F3N2O5/c25-14-2-1-3-15(26)22(14)23-16(27)4-5-17(29-23)18(31)8-12-10-28-7-6-13(12)20-9-19(32)24(33)21(11-30)34-20/h1-7,10,19-21,24,30,32-33H,8-9,11H2/t19-,20-,21-,24+/m1/s1. The SMILES string of the molecule is O=C(Cc1cnccc1[C@H]1C[C@@H](O)[C@H](O)[C@@H](CO)O1)c1ccc(F)c(-c2c(F)cccc2F)n1. The van der Waals surface area contributed by atoms with Crippen LogP contribution in [0.3, 0.4) is 0 Å². The number of hydrogen-bond acceptors (Lipinski definition) is 7. The van der Waals surface area contributed by atoms with Crippen LogP contribution in [0.25, 0.3) is 11.3 Å². The summed E-state index contributed by atoms with van der Waals surface area (Å²) in [5.74, 6) is -3.58. The first kappa shape index (κ1) is 24.0. The molecule has 0 aliphatic carbocycles. The summed E-state index contributed by atoms with van der Waals surface area (Å²) in [5.41, 5.74) is -0.568. The van der Waals surface area contributed by atoms with Crippen molar-refractivity contribution in [3.05, 3.63) is 83.1 Å². The number of aliphatic hydroxyl groups excluding tert-OH is 3. The van der Waals surface area contributed by atoms with Crippen LogP contribution in [0.1, 0.15) is 34.1 Å². The van der Waals surface area contributed by atoms with Crippen LogP contribution < -0.4 is 0 Å². The molecule has 3 heterocycles. The van der Waals surface area contributed by atoms with Gasteiger partial charge in [0.05, 0.1) is 24.4 Å². The molecule has 1 aromatic carbocycles. The summed E-state index contributed by atoms with van der Waals surface area (Å²) in [6, 6.07) is 6.69. The molecule has 4 rings (SSSR count). The Kier molecular flexibility index (Phi) is 7.03. The van der Waals surface area contributed by atoms with Crippen LogP contribution >= 0.6 is 0 Å². The van der Waals surface area contributed by atoms with Crippen molar-refractivity contribution in [3.63, 3.8) is 0 Å². The zero-order valence-electron chi connectivity index (χ0n) is 17.7. The predicted octanol–water partition coefficient (Wildman–Crippen LogP) is 2.53. The third-order valence-corrected chi connectivity index (χ3v) is 5.72. The Bertz CT molecular complexity index is 1190. The molecular formula is C24H21F3N2O5. The molecule has 1 aliphatic rings. The first-order valence-electron chi connectivity index (χ1n) is 10.5. The molecule has 3 aromatic rings. The van der Waals surface area contributed by atoms with Gasteiger partial charge in [0.15, 0.2) is 5.78 Å². The first-order valence-corrected chi connectivity index (χ1v) is 10.5. The van der Waals surface area contributed by atoms with E-state index in [9.17, 15) is 33.3 Å². The maximum Gasteiger partial charge on any atom is 0.185 e. The molecule has 34 heavy (non-hydrogen) atoms. The second-order valence-electron chi connectivity index (χ2n) is 7.94. The lowest BCUT2D eigenvalue weighted by molar-refractivity contribution is -0.181. The second-order valence-corrected chi connectivity index (χ2v) is 7.94. The highest BCUT2D eigenvalue weighted by atomic mass is 19.1. The molecule has 0 unspecified atom stereocenters. The van der Waals surface area contributed by atoms with Gasteiger partial charge in [-0.3, -0.25) is 9.78 Å². The lowest BCUT2D eigenvalue weighted by atomic mass is 9.91. The third-order valence-electron chi connectivity index (χ3n) is 5.72. The van der Waals surface area contributed by atoms with Crippen LogP contribution in [-0.4, -0.2) is 56.0 Å². The lowest BCUT2D eigenvalue weighted by Gasteiger charge is -2.37. The number of halogens is 3. The lowest BCUT2D eigenvalue weighted by Crippen LogP contribution is -2.47. The number of benzene rings is 1. The largest absolute Gasteiger partial charge is 0.394 e. The molecule has 4 atom stereocenters. The van der Waals surface area contributed by atoms with Crippen molar-refractivity contribution in [2.45, 2.75) is 37.3 Å². The van der Waals surface area contributed by atoms with Gasteiger partial charge in [0.25, 0.3) is 0 Å². The number of rotatable bonds is 6. The van der Waals surface area contributed by atoms with E-state index in [0.29, 0.717) is 11.1 Å². The number of carbonyl (C=O) groups is 1. The topological polar surface area (TPSA) is 113 Å². The molecule has 1 fully saturated rings. The number of carbonyl (C=O) groups excluding carboxylic acids is 1. The molecule has 0 saturated carbocycles. The fourth-order valence-corrected chi connectivity index (χ4v) is 3.96. The Balaban J connectivity index is 1.63. The van der Waals surface area contributed by atoms with Gasteiger partial charge in [-0.1, -0.05) is 6.07 Å². The van der Waals surface area contributed by atoms with Gasteiger partial charge in [-0.25, -0.2) is 18.2 Å². The summed E-state index contributed by atoms with van der Waals surface area (Å²) < 4.78 is 48.4. The number of hydrogen-bond donors (Lipinski definition) is 3. The van der Waals surface area contributed by atoms with E-state index in [2.05, 4.69) is 9.97 Å². The summed E-state index contributed by atoms with van der Waals surface area (Å²) in [4.78, 5) is 20.9. The van der Waals surface area contributed by atoms with E-state index in [1.807, 2.05) is 0 Å². The van der Waals surface area contributed by atoms with Crippen molar-refractivity contribution < 1.29 is 38.0 Å². The molecule has 0 amide bonds. The fraction of sp³-hybridized carbons (Fsp3) is 0.292. The quantitative estimate of drug-likeness (QED) is 0.471. The maximum absolute atomic E-state index is 14.4. The van der Waals surface area contributed by atoms with Gasteiger partial charge in [-0.2, -0.15) is 0 Å². The molecular weight excluding hydrogens is 453 g/mol. The van der Waals surface area contributed by atoms with Gasteiger partial charge in [-0.05, 0) is 41.5 Å². The number of aliphatic hydroxyl groups is 3. The smallest absolute Gasteiger partial charge is 0.185 e. The highest BCUT2D eigenvalue weighted by Crippen LogP contribution is 2.34. The van der Waals surface area contributed by atoms with E-state index in [1.165, 1.54) is 12.4 Å². The van der Waals surface area contributed by atoms with E-state index in [0.717, 1.165) is 30.3 Å². The molecule has 0 radical (unpaired) electrons.